The van der Waals surface area contributed by atoms with Crippen LogP contribution in [-0.2, 0) is 19.0 Å². The van der Waals surface area contributed by atoms with Crippen LogP contribution in [0.5, 0.6) is 11.5 Å². The lowest BCUT2D eigenvalue weighted by Gasteiger charge is -2.15. The van der Waals surface area contributed by atoms with Gasteiger partial charge in [-0.2, -0.15) is 0 Å². The third-order valence-corrected chi connectivity index (χ3v) is 9.33. The van der Waals surface area contributed by atoms with E-state index in [0.717, 1.165) is 32.8 Å². The second-order valence-electron chi connectivity index (χ2n) is 10.8. The molecule has 6 rings (SSSR count). The molecule has 9 nitrogen and oxygen atoms in total. The van der Waals surface area contributed by atoms with E-state index in [1.54, 1.807) is 42.1 Å². The number of benzene rings is 5. The summed E-state index contributed by atoms with van der Waals surface area (Å²) in [5.74, 6) is 0.0103. The fourth-order valence-electron chi connectivity index (χ4n) is 4.79. The number of nitrogens with zero attached hydrogens (tertiary/aromatic N) is 1. The predicted molar refractivity (Wildman–Crippen MR) is 188 cm³/mol. The van der Waals surface area contributed by atoms with Crippen LogP contribution in [0.25, 0.3) is 0 Å². The van der Waals surface area contributed by atoms with Crippen LogP contribution in [0.3, 0.4) is 0 Å². The van der Waals surface area contributed by atoms with E-state index in [1.165, 1.54) is 11.8 Å². The number of amidine groups is 1. The molecule has 11 heteroatoms. The molecule has 1 fully saturated rings. The van der Waals surface area contributed by atoms with Gasteiger partial charge in [-0.1, -0.05) is 72.4 Å². The molecule has 1 unspecified atom stereocenters. The highest BCUT2D eigenvalue weighted by Crippen LogP contribution is 2.36. The standard InChI is InChI=1S/C37H31N3O6S2/c41-35(42)27-14-12-25(13-15-27)23-47-33-11-5-10-30(19-33)38-37-40-39-34(48-37)29-17-31(45-21-24-6-2-1-3-7-24)20-32(18-29)46-22-26-8-4-9-28(16-26)36(43)44/h1-20,34,39H,21-23H2,(H,38,40)(H,41,42)(H,43,44). The van der Waals surface area contributed by atoms with E-state index in [2.05, 4.69) is 10.9 Å². The molecule has 5 aromatic carbocycles. The van der Waals surface area contributed by atoms with Crippen molar-refractivity contribution < 1.29 is 29.3 Å². The highest BCUT2D eigenvalue weighted by atomic mass is 32.2. The Balaban J connectivity index is 1.14. The predicted octanol–water partition coefficient (Wildman–Crippen LogP) is 8.06. The van der Waals surface area contributed by atoms with Crippen molar-refractivity contribution in [3.63, 3.8) is 0 Å². The lowest BCUT2D eigenvalue weighted by Crippen LogP contribution is -2.27. The number of carboxylic acids is 2. The minimum Gasteiger partial charge on any atom is -0.489 e. The van der Waals surface area contributed by atoms with Crippen molar-refractivity contribution in [3.05, 3.63) is 155 Å². The van der Waals surface area contributed by atoms with Gasteiger partial charge >= 0.3 is 11.9 Å². The Morgan fingerprint density at radius 2 is 1.40 bits per heavy atom. The van der Waals surface area contributed by atoms with Crippen LogP contribution in [0.15, 0.2) is 131 Å². The van der Waals surface area contributed by atoms with Crippen molar-refractivity contribution in [1.29, 1.82) is 0 Å². The summed E-state index contributed by atoms with van der Waals surface area (Å²) in [5.41, 5.74) is 11.5. The van der Waals surface area contributed by atoms with Gasteiger partial charge in [0.25, 0.3) is 0 Å². The molecule has 0 spiro atoms. The molecule has 1 heterocycles. The number of rotatable bonds is 13. The molecule has 0 radical (unpaired) electrons. The zero-order valence-corrected chi connectivity index (χ0v) is 27.2. The van der Waals surface area contributed by atoms with Gasteiger partial charge in [-0.05, 0) is 76.9 Å². The summed E-state index contributed by atoms with van der Waals surface area (Å²) in [4.78, 5) is 28.4. The molecule has 242 valence electrons. The molecule has 48 heavy (non-hydrogen) atoms. The smallest absolute Gasteiger partial charge is 0.335 e. The number of carbonyl (C=O) groups is 2. The van der Waals surface area contributed by atoms with Gasteiger partial charge in [0, 0.05) is 16.7 Å². The van der Waals surface area contributed by atoms with Crippen LogP contribution >= 0.6 is 23.5 Å². The normalized spacial score (nSPS) is 14.8. The van der Waals surface area contributed by atoms with E-state index in [9.17, 15) is 14.7 Å². The molecule has 0 aromatic heterocycles. The third-order valence-electron chi connectivity index (χ3n) is 7.23. The second kappa shape index (κ2) is 15.6. The Morgan fingerprint density at radius 3 is 2.12 bits per heavy atom. The molecule has 1 aliphatic rings. The maximum Gasteiger partial charge on any atom is 0.335 e. The summed E-state index contributed by atoms with van der Waals surface area (Å²) in [5, 5.41) is 19.0. The van der Waals surface area contributed by atoms with Crippen molar-refractivity contribution in [2.75, 3.05) is 0 Å². The van der Waals surface area contributed by atoms with E-state index in [4.69, 9.17) is 19.6 Å². The average Bonchev–Trinajstić information content (AvgIpc) is 3.58. The number of ether oxygens (including phenoxy) is 2. The SMILES string of the molecule is O=C(O)c1ccc(CSc2cccc(N=C3NNC(c4cc(OCc5ccccc5)cc(OCc5cccc(C(=O)O)c5)c4)S3)c2)cc1. The van der Waals surface area contributed by atoms with Crippen LogP contribution in [0.4, 0.5) is 5.69 Å². The largest absolute Gasteiger partial charge is 0.489 e. The van der Waals surface area contributed by atoms with Gasteiger partial charge in [-0.3, -0.25) is 5.43 Å². The van der Waals surface area contributed by atoms with Gasteiger partial charge in [0.2, 0.25) is 0 Å². The molecule has 0 aliphatic carbocycles. The molecule has 1 aliphatic heterocycles. The average molecular weight is 678 g/mol. The van der Waals surface area contributed by atoms with E-state index in [1.807, 2.05) is 91.0 Å². The fourth-order valence-corrected chi connectivity index (χ4v) is 6.58. The minimum absolute atomic E-state index is 0.187. The first-order valence-corrected chi connectivity index (χ1v) is 16.8. The topological polar surface area (TPSA) is 129 Å². The van der Waals surface area contributed by atoms with Crippen molar-refractivity contribution in [2.45, 2.75) is 29.2 Å². The number of hydrogen-bond acceptors (Lipinski definition) is 8. The zero-order valence-electron chi connectivity index (χ0n) is 25.5. The van der Waals surface area contributed by atoms with Gasteiger partial charge in [0.05, 0.1) is 16.8 Å². The Hall–Kier alpha value is -5.23. The maximum absolute atomic E-state index is 11.4. The van der Waals surface area contributed by atoms with E-state index in [-0.39, 0.29) is 23.1 Å². The van der Waals surface area contributed by atoms with E-state index in [0.29, 0.717) is 29.0 Å². The van der Waals surface area contributed by atoms with Crippen LogP contribution in [-0.4, -0.2) is 27.3 Å². The van der Waals surface area contributed by atoms with Crippen molar-refractivity contribution in [2.24, 2.45) is 4.99 Å². The molecule has 0 bridgehead atoms. The molecule has 0 saturated carbocycles. The van der Waals surface area contributed by atoms with Gasteiger partial charge < -0.3 is 19.7 Å². The first-order chi connectivity index (χ1) is 23.4. The zero-order chi connectivity index (χ0) is 33.3. The molecular formula is C37H31N3O6S2. The Morgan fingerprint density at radius 1 is 0.708 bits per heavy atom. The molecular weight excluding hydrogens is 647 g/mol. The van der Waals surface area contributed by atoms with Gasteiger partial charge in [-0.25, -0.2) is 20.0 Å². The first-order valence-electron chi connectivity index (χ1n) is 15.0. The first kappa shape index (κ1) is 32.7. The lowest BCUT2D eigenvalue weighted by molar-refractivity contribution is 0.0686. The number of aromatic carboxylic acids is 2. The summed E-state index contributed by atoms with van der Waals surface area (Å²) >= 11 is 3.18. The van der Waals surface area contributed by atoms with Crippen LogP contribution in [0, 0.1) is 0 Å². The third kappa shape index (κ3) is 8.97. The lowest BCUT2D eigenvalue weighted by atomic mass is 10.1. The van der Waals surface area contributed by atoms with E-state index < -0.39 is 11.9 Å². The molecule has 1 atom stereocenters. The summed E-state index contributed by atoms with van der Waals surface area (Å²) < 4.78 is 12.3. The van der Waals surface area contributed by atoms with Crippen molar-refractivity contribution in [3.8, 4) is 11.5 Å². The summed E-state index contributed by atoms with van der Waals surface area (Å²) in [6, 6.07) is 37.2. The second-order valence-corrected chi connectivity index (χ2v) is 12.9. The summed E-state index contributed by atoms with van der Waals surface area (Å²) in [6.45, 7) is 0.587. The molecule has 4 N–H and O–H groups in total. The Labute approximate surface area is 286 Å². The Kier molecular flexibility index (Phi) is 10.6. The van der Waals surface area contributed by atoms with E-state index >= 15 is 0 Å². The molecule has 0 amide bonds. The monoisotopic (exact) mass is 677 g/mol. The van der Waals surface area contributed by atoms with Gasteiger partial charge in [0.1, 0.15) is 30.1 Å². The van der Waals surface area contributed by atoms with Crippen molar-refractivity contribution >= 4 is 46.3 Å². The molecule has 5 aromatic rings. The number of carboxylic acid groups (broad SMARTS) is 2. The minimum atomic E-state index is -0.986. The number of hydrazine groups is 1. The summed E-state index contributed by atoms with van der Waals surface area (Å²) in [6.07, 6.45) is 0. The fraction of sp³-hybridized carbons (Fsp3) is 0.108. The van der Waals surface area contributed by atoms with Crippen LogP contribution < -0.4 is 20.3 Å². The number of aliphatic imine (C=N–C) groups is 1. The number of thioether (sulfide) groups is 2. The van der Waals surface area contributed by atoms with Gasteiger partial charge in [0.15, 0.2) is 5.17 Å². The highest BCUT2D eigenvalue weighted by Gasteiger charge is 2.24. The summed E-state index contributed by atoms with van der Waals surface area (Å²) in [7, 11) is 0. The van der Waals surface area contributed by atoms with Crippen molar-refractivity contribution in [1.82, 2.24) is 10.9 Å². The number of hydrogen-bond donors (Lipinski definition) is 4. The number of nitrogens with one attached hydrogen (secondary N) is 2. The Bertz CT molecular complexity index is 1940. The quantitative estimate of drug-likeness (QED) is 0.0909. The van der Waals surface area contributed by atoms with Gasteiger partial charge in [-0.15, -0.1) is 11.8 Å². The van der Waals surface area contributed by atoms with Crippen LogP contribution in [0.2, 0.25) is 0 Å². The highest BCUT2D eigenvalue weighted by molar-refractivity contribution is 8.14. The maximum atomic E-state index is 11.4. The molecule has 1 saturated heterocycles. The van der Waals surface area contributed by atoms with Crippen LogP contribution in [0.1, 0.15) is 48.3 Å².